The minimum atomic E-state index is 0.493. The lowest BCUT2D eigenvalue weighted by Gasteiger charge is -2.28. The summed E-state index contributed by atoms with van der Waals surface area (Å²) in [4.78, 5) is 11.9. The van der Waals surface area contributed by atoms with E-state index in [-0.39, 0.29) is 0 Å². The summed E-state index contributed by atoms with van der Waals surface area (Å²) >= 11 is 0. The third-order valence-electron chi connectivity index (χ3n) is 4.00. The fraction of sp³-hybridized carbons (Fsp3) is 0.733. The van der Waals surface area contributed by atoms with E-state index >= 15 is 0 Å². The number of hydrogen-bond acceptors (Lipinski definition) is 4. The minimum Gasteiger partial charge on any atom is -0.373 e. The second kappa shape index (κ2) is 4.99. The van der Waals surface area contributed by atoms with Crippen molar-refractivity contribution in [2.45, 2.75) is 51.5 Å². The van der Waals surface area contributed by atoms with Gasteiger partial charge in [-0.05, 0) is 45.4 Å². The van der Waals surface area contributed by atoms with Crippen LogP contribution in [0.15, 0.2) is 6.07 Å². The molecule has 1 N–H and O–H groups in total. The van der Waals surface area contributed by atoms with E-state index in [1.165, 1.54) is 25.7 Å². The third kappa shape index (κ3) is 2.99. The standard InChI is InChI=1S/C15H24N4/c1-10(2)19(9-11-4-5-11)14-8-13(16-3)17-15(18-14)12-6-7-12/h8,10-12H,4-7,9H2,1-3H3,(H,16,17,18). The zero-order valence-corrected chi connectivity index (χ0v) is 12.2. The van der Waals surface area contributed by atoms with Crippen molar-refractivity contribution in [3.05, 3.63) is 11.9 Å². The van der Waals surface area contributed by atoms with E-state index in [9.17, 15) is 0 Å². The fourth-order valence-electron chi connectivity index (χ4n) is 2.40. The molecule has 19 heavy (non-hydrogen) atoms. The van der Waals surface area contributed by atoms with Crippen LogP contribution in [-0.2, 0) is 0 Å². The third-order valence-corrected chi connectivity index (χ3v) is 4.00. The van der Waals surface area contributed by atoms with Gasteiger partial charge in [-0.1, -0.05) is 0 Å². The maximum atomic E-state index is 4.82. The molecule has 1 aromatic heterocycles. The summed E-state index contributed by atoms with van der Waals surface area (Å²) in [6.07, 6.45) is 5.25. The van der Waals surface area contributed by atoms with Gasteiger partial charge in [-0.3, -0.25) is 0 Å². The number of nitrogens with zero attached hydrogens (tertiary/aromatic N) is 3. The van der Waals surface area contributed by atoms with Crippen molar-refractivity contribution in [1.82, 2.24) is 9.97 Å². The number of aromatic nitrogens is 2. The van der Waals surface area contributed by atoms with Gasteiger partial charge in [0.25, 0.3) is 0 Å². The molecule has 0 amide bonds. The summed E-state index contributed by atoms with van der Waals surface area (Å²) in [7, 11) is 1.93. The molecule has 4 nitrogen and oxygen atoms in total. The Morgan fingerprint density at radius 3 is 2.53 bits per heavy atom. The maximum Gasteiger partial charge on any atom is 0.136 e. The van der Waals surface area contributed by atoms with Gasteiger partial charge in [0.1, 0.15) is 17.5 Å². The molecule has 4 heteroatoms. The van der Waals surface area contributed by atoms with Crippen LogP contribution in [0.2, 0.25) is 0 Å². The predicted octanol–water partition coefficient (Wildman–Crippen LogP) is 3.02. The Bertz CT molecular complexity index is 449. The lowest BCUT2D eigenvalue weighted by Crippen LogP contribution is -2.33. The average Bonchev–Trinajstić information content (AvgIpc) is 3.28. The minimum absolute atomic E-state index is 0.493. The van der Waals surface area contributed by atoms with Crippen LogP contribution < -0.4 is 10.2 Å². The van der Waals surface area contributed by atoms with Gasteiger partial charge in [-0.2, -0.15) is 0 Å². The summed E-state index contributed by atoms with van der Waals surface area (Å²) in [5.74, 6) is 4.56. The molecule has 2 aliphatic rings. The first-order valence-electron chi connectivity index (χ1n) is 7.50. The molecule has 0 bridgehead atoms. The monoisotopic (exact) mass is 260 g/mol. The van der Waals surface area contributed by atoms with E-state index in [0.717, 1.165) is 29.9 Å². The molecule has 104 valence electrons. The highest BCUT2D eigenvalue weighted by Crippen LogP contribution is 2.39. The Kier molecular flexibility index (Phi) is 3.33. The van der Waals surface area contributed by atoms with Crippen LogP contribution in [0.1, 0.15) is 51.3 Å². The maximum absolute atomic E-state index is 4.82. The van der Waals surface area contributed by atoms with Crippen molar-refractivity contribution in [3.8, 4) is 0 Å². The first-order valence-corrected chi connectivity index (χ1v) is 7.50. The molecule has 2 aliphatic carbocycles. The largest absolute Gasteiger partial charge is 0.373 e. The van der Waals surface area contributed by atoms with Gasteiger partial charge in [0.2, 0.25) is 0 Å². The number of hydrogen-bond donors (Lipinski definition) is 1. The second-order valence-electron chi connectivity index (χ2n) is 6.18. The molecular weight excluding hydrogens is 236 g/mol. The Labute approximate surface area is 115 Å². The zero-order valence-electron chi connectivity index (χ0n) is 12.2. The lowest BCUT2D eigenvalue weighted by molar-refractivity contribution is 0.633. The van der Waals surface area contributed by atoms with Gasteiger partial charge >= 0.3 is 0 Å². The molecule has 0 atom stereocenters. The molecule has 2 fully saturated rings. The number of nitrogens with one attached hydrogen (secondary N) is 1. The van der Waals surface area contributed by atoms with Crippen LogP contribution in [0.4, 0.5) is 11.6 Å². The highest BCUT2D eigenvalue weighted by molar-refractivity contribution is 5.50. The molecule has 0 saturated heterocycles. The van der Waals surface area contributed by atoms with Gasteiger partial charge < -0.3 is 10.2 Å². The van der Waals surface area contributed by atoms with E-state index in [2.05, 4.69) is 35.1 Å². The van der Waals surface area contributed by atoms with E-state index in [4.69, 9.17) is 4.98 Å². The molecule has 3 rings (SSSR count). The Balaban J connectivity index is 1.88. The summed E-state index contributed by atoms with van der Waals surface area (Å²) in [6.45, 7) is 5.64. The molecular formula is C15H24N4. The van der Waals surface area contributed by atoms with Crippen LogP contribution in [0.5, 0.6) is 0 Å². The molecule has 0 radical (unpaired) electrons. The molecule has 1 aromatic rings. The van der Waals surface area contributed by atoms with E-state index in [1.807, 2.05) is 7.05 Å². The van der Waals surface area contributed by atoms with Crippen molar-refractivity contribution < 1.29 is 0 Å². The number of anilines is 2. The summed E-state index contributed by atoms with van der Waals surface area (Å²) in [5.41, 5.74) is 0. The van der Waals surface area contributed by atoms with Gasteiger partial charge in [0.15, 0.2) is 0 Å². The van der Waals surface area contributed by atoms with Crippen molar-refractivity contribution in [2.75, 3.05) is 23.8 Å². The highest BCUT2D eigenvalue weighted by Gasteiger charge is 2.30. The van der Waals surface area contributed by atoms with Gasteiger partial charge in [0, 0.05) is 31.6 Å². The molecule has 0 aromatic carbocycles. The Morgan fingerprint density at radius 1 is 1.26 bits per heavy atom. The van der Waals surface area contributed by atoms with E-state index in [0.29, 0.717) is 12.0 Å². The van der Waals surface area contributed by atoms with Crippen LogP contribution >= 0.6 is 0 Å². The SMILES string of the molecule is CNc1cc(N(CC2CC2)C(C)C)nc(C2CC2)n1. The van der Waals surface area contributed by atoms with Crippen LogP contribution in [0.25, 0.3) is 0 Å². The smallest absolute Gasteiger partial charge is 0.136 e. The summed E-state index contributed by atoms with van der Waals surface area (Å²) < 4.78 is 0. The summed E-state index contributed by atoms with van der Waals surface area (Å²) in [5, 5.41) is 3.18. The molecule has 0 spiro atoms. The first kappa shape index (κ1) is 12.7. The van der Waals surface area contributed by atoms with Crippen molar-refractivity contribution in [1.29, 1.82) is 0 Å². The van der Waals surface area contributed by atoms with Crippen molar-refractivity contribution in [3.63, 3.8) is 0 Å². The van der Waals surface area contributed by atoms with Gasteiger partial charge in [-0.15, -0.1) is 0 Å². The second-order valence-corrected chi connectivity index (χ2v) is 6.18. The van der Waals surface area contributed by atoms with Crippen molar-refractivity contribution >= 4 is 11.6 Å². The lowest BCUT2D eigenvalue weighted by atomic mass is 10.2. The normalized spacial score (nSPS) is 18.7. The molecule has 0 unspecified atom stereocenters. The van der Waals surface area contributed by atoms with Crippen LogP contribution in [0, 0.1) is 5.92 Å². The molecule has 0 aliphatic heterocycles. The Hall–Kier alpha value is -1.32. The molecule has 2 saturated carbocycles. The quantitative estimate of drug-likeness (QED) is 0.853. The Morgan fingerprint density at radius 2 is 2.00 bits per heavy atom. The predicted molar refractivity (Wildman–Crippen MR) is 78.8 cm³/mol. The van der Waals surface area contributed by atoms with Gasteiger partial charge in [-0.25, -0.2) is 9.97 Å². The highest BCUT2D eigenvalue weighted by atomic mass is 15.2. The van der Waals surface area contributed by atoms with E-state index in [1.54, 1.807) is 0 Å². The first-order chi connectivity index (χ1) is 9.17. The average molecular weight is 260 g/mol. The van der Waals surface area contributed by atoms with E-state index < -0.39 is 0 Å². The number of rotatable bonds is 6. The zero-order chi connectivity index (χ0) is 13.4. The van der Waals surface area contributed by atoms with Crippen LogP contribution in [-0.4, -0.2) is 29.6 Å². The fourth-order valence-corrected chi connectivity index (χ4v) is 2.40. The van der Waals surface area contributed by atoms with Gasteiger partial charge in [0.05, 0.1) is 0 Å². The topological polar surface area (TPSA) is 41.0 Å². The molecule has 1 heterocycles. The van der Waals surface area contributed by atoms with Crippen LogP contribution in [0.3, 0.4) is 0 Å². The summed E-state index contributed by atoms with van der Waals surface area (Å²) in [6, 6.07) is 2.58. The van der Waals surface area contributed by atoms with Crippen molar-refractivity contribution in [2.24, 2.45) is 5.92 Å².